The van der Waals surface area contributed by atoms with E-state index in [1.165, 1.54) is 12.8 Å². The van der Waals surface area contributed by atoms with E-state index in [-0.39, 0.29) is 0 Å². The van der Waals surface area contributed by atoms with Crippen LogP contribution in [0.2, 0.25) is 5.15 Å². The lowest BCUT2D eigenvalue weighted by Gasteiger charge is -2.11. The van der Waals surface area contributed by atoms with E-state index >= 15 is 0 Å². The van der Waals surface area contributed by atoms with Crippen molar-refractivity contribution in [2.24, 2.45) is 5.41 Å². The lowest BCUT2D eigenvalue weighted by molar-refractivity contribution is 0.610. The fourth-order valence-electron chi connectivity index (χ4n) is 1.22. The van der Waals surface area contributed by atoms with Crippen LogP contribution in [0.3, 0.4) is 0 Å². The largest absolute Gasteiger partial charge is 0.383 e. The summed E-state index contributed by atoms with van der Waals surface area (Å²) in [6.45, 7) is 3.31. The molecular weight excluding hydrogens is 263 g/mol. The Balaban J connectivity index is 1.99. The molecule has 4 heteroatoms. The second kappa shape index (κ2) is 3.70. The molecule has 0 aromatic carbocycles. The number of pyridine rings is 1. The Morgan fingerprint density at radius 3 is 2.93 bits per heavy atom. The summed E-state index contributed by atoms with van der Waals surface area (Å²) in [5.74, 6) is 0. The van der Waals surface area contributed by atoms with Crippen LogP contribution in [0.25, 0.3) is 0 Å². The maximum atomic E-state index is 5.80. The van der Waals surface area contributed by atoms with E-state index in [0.29, 0.717) is 10.6 Å². The summed E-state index contributed by atoms with van der Waals surface area (Å²) >= 11 is 9.14. The van der Waals surface area contributed by atoms with Gasteiger partial charge < -0.3 is 5.32 Å². The number of nitrogens with zero attached hydrogens (tertiary/aromatic N) is 1. The van der Waals surface area contributed by atoms with Crippen LogP contribution in [-0.4, -0.2) is 11.5 Å². The van der Waals surface area contributed by atoms with Crippen LogP contribution in [0.15, 0.2) is 16.7 Å². The summed E-state index contributed by atoms with van der Waals surface area (Å²) in [7, 11) is 0. The first kappa shape index (κ1) is 10.2. The van der Waals surface area contributed by atoms with Crippen molar-refractivity contribution in [3.8, 4) is 0 Å². The Hall–Kier alpha value is -0.280. The maximum absolute atomic E-state index is 5.80. The van der Waals surface area contributed by atoms with E-state index < -0.39 is 0 Å². The van der Waals surface area contributed by atoms with Gasteiger partial charge in [-0.15, -0.1) is 0 Å². The van der Waals surface area contributed by atoms with E-state index in [0.717, 1.165) is 16.7 Å². The van der Waals surface area contributed by atoms with Gasteiger partial charge in [-0.1, -0.05) is 18.5 Å². The monoisotopic (exact) mass is 274 g/mol. The third-order valence-electron chi connectivity index (χ3n) is 2.62. The van der Waals surface area contributed by atoms with Gasteiger partial charge in [0, 0.05) is 6.54 Å². The van der Waals surface area contributed by atoms with Crippen molar-refractivity contribution in [1.29, 1.82) is 0 Å². The molecule has 76 valence electrons. The molecule has 2 rings (SSSR count). The number of nitrogens with one attached hydrogen (secondary N) is 1. The molecule has 1 N–H and O–H groups in total. The van der Waals surface area contributed by atoms with Gasteiger partial charge in [-0.25, -0.2) is 4.98 Å². The summed E-state index contributed by atoms with van der Waals surface area (Å²) in [5, 5.41) is 3.87. The zero-order chi connectivity index (χ0) is 10.2. The van der Waals surface area contributed by atoms with Gasteiger partial charge in [0.25, 0.3) is 0 Å². The quantitative estimate of drug-likeness (QED) is 0.851. The highest BCUT2D eigenvalue weighted by Crippen LogP contribution is 2.44. The molecule has 14 heavy (non-hydrogen) atoms. The van der Waals surface area contributed by atoms with Gasteiger partial charge in [-0.05, 0) is 40.3 Å². The average Bonchev–Trinajstić information content (AvgIpc) is 2.87. The smallest absolute Gasteiger partial charge is 0.143 e. The number of halogens is 2. The zero-order valence-electron chi connectivity index (χ0n) is 7.98. The Kier molecular flexibility index (Phi) is 2.71. The molecule has 0 spiro atoms. The molecule has 1 fully saturated rings. The molecule has 0 saturated heterocycles. The summed E-state index contributed by atoms with van der Waals surface area (Å²) in [5.41, 5.74) is 1.53. The highest BCUT2D eigenvalue weighted by atomic mass is 79.9. The minimum absolute atomic E-state index is 0.506. The normalized spacial score (nSPS) is 17.9. The van der Waals surface area contributed by atoms with Crippen LogP contribution in [0.1, 0.15) is 19.8 Å². The number of anilines is 1. The van der Waals surface area contributed by atoms with Gasteiger partial charge in [0.05, 0.1) is 16.4 Å². The Morgan fingerprint density at radius 1 is 1.64 bits per heavy atom. The topological polar surface area (TPSA) is 24.9 Å². The van der Waals surface area contributed by atoms with Crippen LogP contribution in [0.5, 0.6) is 0 Å². The second-order valence-electron chi connectivity index (χ2n) is 4.16. The third kappa shape index (κ3) is 2.39. The molecule has 2 nitrogen and oxygen atoms in total. The number of rotatable bonds is 3. The van der Waals surface area contributed by atoms with Crippen LogP contribution in [0, 0.1) is 5.41 Å². The van der Waals surface area contributed by atoms with Crippen LogP contribution < -0.4 is 5.32 Å². The molecule has 1 aliphatic rings. The Bertz CT molecular complexity index is 350. The molecule has 0 radical (unpaired) electrons. The predicted octanol–water partition coefficient (Wildman–Crippen LogP) is 3.71. The van der Waals surface area contributed by atoms with Gasteiger partial charge >= 0.3 is 0 Å². The van der Waals surface area contributed by atoms with Crippen molar-refractivity contribution in [1.82, 2.24) is 4.98 Å². The summed E-state index contributed by atoms with van der Waals surface area (Å²) in [4.78, 5) is 4.06. The number of aromatic nitrogens is 1. The molecule has 0 unspecified atom stereocenters. The molecule has 0 aliphatic heterocycles. The molecule has 1 aliphatic carbocycles. The van der Waals surface area contributed by atoms with Gasteiger partial charge in [0.1, 0.15) is 5.15 Å². The summed E-state index contributed by atoms with van der Waals surface area (Å²) in [6.07, 6.45) is 4.41. The number of hydrogen-bond acceptors (Lipinski definition) is 2. The van der Waals surface area contributed by atoms with Gasteiger partial charge in [-0.3, -0.25) is 0 Å². The van der Waals surface area contributed by atoms with E-state index in [4.69, 9.17) is 11.6 Å². The molecule has 0 bridgehead atoms. The van der Waals surface area contributed by atoms with Crippen molar-refractivity contribution in [3.63, 3.8) is 0 Å². The van der Waals surface area contributed by atoms with Crippen molar-refractivity contribution >= 4 is 33.2 Å². The van der Waals surface area contributed by atoms with Crippen molar-refractivity contribution in [2.75, 3.05) is 11.9 Å². The zero-order valence-corrected chi connectivity index (χ0v) is 10.3. The first-order chi connectivity index (χ1) is 6.59. The molecule has 0 amide bonds. The molecular formula is C10H12BrClN2. The van der Waals surface area contributed by atoms with Gasteiger partial charge in [0.2, 0.25) is 0 Å². The highest BCUT2D eigenvalue weighted by molar-refractivity contribution is 9.10. The molecule has 1 aromatic heterocycles. The third-order valence-corrected chi connectivity index (χ3v) is 3.75. The van der Waals surface area contributed by atoms with Crippen LogP contribution >= 0.6 is 27.5 Å². The van der Waals surface area contributed by atoms with E-state index in [1.54, 1.807) is 6.20 Å². The average molecular weight is 276 g/mol. The minimum Gasteiger partial charge on any atom is -0.383 e. The van der Waals surface area contributed by atoms with Crippen molar-refractivity contribution < 1.29 is 0 Å². The van der Waals surface area contributed by atoms with Crippen LogP contribution in [-0.2, 0) is 0 Å². The van der Waals surface area contributed by atoms with Crippen molar-refractivity contribution in [3.05, 3.63) is 21.9 Å². The van der Waals surface area contributed by atoms with Gasteiger partial charge in [0.15, 0.2) is 0 Å². The summed E-state index contributed by atoms with van der Waals surface area (Å²) < 4.78 is 0.838. The molecule has 0 atom stereocenters. The number of hydrogen-bond donors (Lipinski definition) is 1. The standard InChI is InChI=1S/C10H12BrClN2/c1-10(2-3-10)6-14-7-4-8(11)9(12)13-5-7/h4-5,14H,2-3,6H2,1H3. The predicted molar refractivity (Wildman–Crippen MR) is 62.8 cm³/mol. The second-order valence-corrected chi connectivity index (χ2v) is 5.37. The Morgan fingerprint density at radius 2 is 2.36 bits per heavy atom. The fraction of sp³-hybridized carbons (Fsp3) is 0.500. The van der Waals surface area contributed by atoms with E-state index in [1.807, 2.05) is 6.07 Å². The first-order valence-electron chi connectivity index (χ1n) is 4.64. The van der Waals surface area contributed by atoms with Gasteiger partial charge in [-0.2, -0.15) is 0 Å². The fourth-order valence-corrected chi connectivity index (χ4v) is 1.68. The van der Waals surface area contributed by atoms with E-state index in [2.05, 4.69) is 33.2 Å². The first-order valence-corrected chi connectivity index (χ1v) is 5.81. The molecule has 1 heterocycles. The highest BCUT2D eigenvalue weighted by Gasteiger charge is 2.36. The summed E-state index contributed by atoms with van der Waals surface area (Å²) in [6, 6.07) is 1.96. The lowest BCUT2D eigenvalue weighted by atomic mass is 10.1. The molecule has 1 saturated carbocycles. The molecule has 1 aromatic rings. The van der Waals surface area contributed by atoms with Crippen LogP contribution in [0.4, 0.5) is 5.69 Å². The lowest BCUT2D eigenvalue weighted by Crippen LogP contribution is -2.11. The van der Waals surface area contributed by atoms with Crippen molar-refractivity contribution in [2.45, 2.75) is 19.8 Å². The Labute approximate surface area is 97.2 Å². The SMILES string of the molecule is CC1(CNc2cnc(Cl)c(Br)c2)CC1. The van der Waals surface area contributed by atoms with E-state index in [9.17, 15) is 0 Å². The maximum Gasteiger partial charge on any atom is 0.143 e. The minimum atomic E-state index is 0.506.